The van der Waals surface area contributed by atoms with Crippen LogP contribution in [0.15, 0.2) is 42.5 Å². The van der Waals surface area contributed by atoms with E-state index in [4.69, 9.17) is 16.3 Å². The number of ether oxygens (including phenoxy) is 1. The van der Waals surface area contributed by atoms with Crippen LogP contribution in [0.3, 0.4) is 0 Å². The summed E-state index contributed by atoms with van der Waals surface area (Å²) in [7, 11) is 1.59. The minimum atomic E-state index is -0.491. The van der Waals surface area contributed by atoms with Crippen LogP contribution in [0.2, 0.25) is 5.02 Å². The first kappa shape index (κ1) is 16.1. The number of carbonyl (C=O) groups excluding carboxylic acids is 1. The van der Waals surface area contributed by atoms with Crippen molar-refractivity contribution in [1.29, 1.82) is 0 Å². The van der Waals surface area contributed by atoms with Gasteiger partial charge in [0.15, 0.2) is 0 Å². The third-order valence-electron chi connectivity index (χ3n) is 3.06. The fourth-order valence-electron chi connectivity index (χ4n) is 1.83. The van der Waals surface area contributed by atoms with Gasteiger partial charge in [-0.05, 0) is 49.4 Å². The molecule has 0 aliphatic carbocycles. The van der Waals surface area contributed by atoms with Crippen LogP contribution in [-0.4, -0.2) is 19.1 Å². The standard InChI is InChI=1S/C16H16ClFN2O2/c1-10(19-12-4-6-13(22-2)7-5-12)16(21)20-15-8-3-11(18)9-14(15)17/h3-10,19H,1-2H3,(H,20,21)/t10-/m0/s1. The molecule has 0 heterocycles. The molecule has 6 heteroatoms. The van der Waals surface area contributed by atoms with Crippen molar-refractivity contribution in [1.82, 2.24) is 0 Å². The van der Waals surface area contributed by atoms with Crippen LogP contribution < -0.4 is 15.4 Å². The molecule has 0 radical (unpaired) electrons. The molecule has 2 aromatic rings. The van der Waals surface area contributed by atoms with Crippen LogP contribution in [0.25, 0.3) is 0 Å². The third kappa shape index (κ3) is 4.11. The highest BCUT2D eigenvalue weighted by Gasteiger charge is 2.14. The SMILES string of the molecule is COc1ccc(N[C@@H](C)C(=O)Nc2ccc(F)cc2Cl)cc1. The lowest BCUT2D eigenvalue weighted by molar-refractivity contribution is -0.116. The van der Waals surface area contributed by atoms with Crippen molar-refractivity contribution in [3.05, 3.63) is 53.3 Å². The Labute approximate surface area is 133 Å². The Morgan fingerprint density at radius 3 is 2.50 bits per heavy atom. The lowest BCUT2D eigenvalue weighted by Crippen LogP contribution is -2.31. The van der Waals surface area contributed by atoms with E-state index in [-0.39, 0.29) is 10.9 Å². The minimum absolute atomic E-state index is 0.157. The van der Waals surface area contributed by atoms with E-state index < -0.39 is 11.9 Å². The summed E-state index contributed by atoms with van der Waals surface area (Å²) in [5.41, 5.74) is 1.16. The van der Waals surface area contributed by atoms with E-state index in [1.807, 2.05) is 12.1 Å². The van der Waals surface area contributed by atoms with Crippen LogP contribution in [0, 0.1) is 5.82 Å². The minimum Gasteiger partial charge on any atom is -0.497 e. The Hall–Kier alpha value is -2.27. The van der Waals surface area contributed by atoms with Crippen molar-refractivity contribution in [2.75, 3.05) is 17.7 Å². The van der Waals surface area contributed by atoms with Gasteiger partial charge in [0, 0.05) is 5.69 Å². The van der Waals surface area contributed by atoms with Gasteiger partial charge in [-0.3, -0.25) is 4.79 Å². The molecule has 1 amide bonds. The van der Waals surface area contributed by atoms with Gasteiger partial charge in [0.2, 0.25) is 5.91 Å². The molecule has 2 N–H and O–H groups in total. The first-order valence-electron chi connectivity index (χ1n) is 6.66. The Balaban J connectivity index is 1.99. The highest BCUT2D eigenvalue weighted by molar-refractivity contribution is 6.33. The van der Waals surface area contributed by atoms with E-state index in [2.05, 4.69) is 10.6 Å². The number of amides is 1. The van der Waals surface area contributed by atoms with E-state index in [1.54, 1.807) is 26.2 Å². The number of nitrogens with one attached hydrogen (secondary N) is 2. The molecule has 1 atom stereocenters. The van der Waals surface area contributed by atoms with Gasteiger partial charge in [-0.1, -0.05) is 11.6 Å². The van der Waals surface area contributed by atoms with Gasteiger partial charge in [-0.15, -0.1) is 0 Å². The van der Waals surface area contributed by atoms with Crippen LogP contribution in [0.5, 0.6) is 5.75 Å². The summed E-state index contributed by atoms with van der Waals surface area (Å²) in [6.45, 7) is 1.72. The normalized spacial score (nSPS) is 11.6. The average Bonchev–Trinajstić information content (AvgIpc) is 2.50. The van der Waals surface area contributed by atoms with Crippen molar-refractivity contribution >= 4 is 28.9 Å². The maximum Gasteiger partial charge on any atom is 0.246 e. The summed E-state index contributed by atoms with van der Waals surface area (Å²) < 4.78 is 18.0. The number of hydrogen-bond acceptors (Lipinski definition) is 3. The predicted octanol–water partition coefficient (Wildman–Crippen LogP) is 3.93. The fourth-order valence-corrected chi connectivity index (χ4v) is 2.05. The smallest absolute Gasteiger partial charge is 0.246 e. The van der Waals surface area contributed by atoms with Gasteiger partial charge in [0.05, 0.1) is 17.8 Å². The second kappa shape index (κ2) is 7.13. The van der Waals surface area contributed by atoms with Crippen molar-refractivity contribution in [2.45, 2.75) is 13.0 Å². The zero-order valence-corrected chi connectivity index (χ0v) is 12.9. The molecule has 0 saturated carbocycles. The van der Waals surface area contributed by atoms with Crippen LogP contribution in [0.4, 0.5) is 15.8 Å². The molecule has 0 saturated heterocycles. The molecule has 2 rings (SSSR count). The molecule has 0 aliphatic heterocycles. The number of rotatable bonds is 5. The number of halogens is 2. The monoisotopic (exact) mass is 322 g/mol. The zero-order chi connectivity index (χ0) is 16.1. The number of benzene rings is 2. The van der Waals surface area contributed by atoms with E-state index in [1.165, 1.54) is 12.1 Å². The summed E-state index contributed by atoms with van der Waals surface area (Å²) in [5.74, 6) is 0.0116. The Bertz CT molecular complexity index is 662. The molecule has 0 unspecified atom stereocenters. The first-order valence-corrected chi connectivity index (χ1v) is 7.04. The van der Waals surface area contributed by atoms with Crippen LogP contribution >= 0.6 is 11.6 Å². The first-order chi connectivity index (χ1) is 10.5. The van der Waals surface area contributed by atoms with Gasteiger partial charge >= 0.3 is 0 Å². The Kier molecular flexibility index (Phi) is 5.22. The van der Waals surface area contributed by atoms with Gasteiger partial charge in [0.25, 0.3) is 0 Å². The number of carbonyl (C=O) groups is 1. The fraction of sp³-hybridized carbons (Fsp3) is 0.188. The lowest BCUT2D eigenvalue weighted by Gasteiger charge is -2.16. The molecule has 116 valence electrons. The molecular weight excluding hydrogens is 307 g/mol. The maximum absolute atomic E-state index is 13.0. The predicted molar refractivity (Wildman–Crippen MR) is 86.1 cm³/mol. The molecule has 0 spiro atoms. The van der Waals surface area contributed by atoms with Crippen molar-refractivity contribution in [3.63, 3.8) is 0 Å². The molecule has 0 fully saturated rings. The molecular formula is C16H16ClFN2O2. The summed E-state index contributed by atoms with van der Waals surface area (Å²) >= 11 is 5.88. The third-order valence-corrected chi connectivity index (χ3v) is 3.37. The van der Waals surface area contributed by atoms with Crippen LogP contribution in [0.1, 0.15) is 6.92 Å². The second-order valence-corrected chi connectivity index (χ2v) is 5.12. The van der Waals surface area contributed by atoms with Gasteiger partial charge in [0.1, 0.15) is 17.6 Å². The van der Waals surface area contributed by atoms with E-state index in [0.717, 1.165) is 17.5 Å². The van der Waals surface area contributed by atoms with E-state index in [0.29, 0.717) is 5.69 Å². The molecule has 2 aromatic carbocycles. The number of methoxy groups -OCH3 is 1. The number of hydrogen-bond donors (Lipinski definition) is 2. The molecule has 4 nitrogen and oxygen atoms in total. The van der Waals surface area contributed by atoms with Crippen LogP contribution in [-0.2, 0) is 4.79 Å². The molecule has 0 bridgehead atoms. The van der Waals surface area contributed by atoms with Gasteiger partial charge in [-0.2, -0.15) is 0 Å². The van der Waals surface area contributed by atoms with Gasteiger partial charge in [-0.25, -0.2) is 4.39 Å². The summed E-state index contributed by atoms with van der Waals surface area (Å²) in [6, 6.07) is 10.5. The summed E-state index contributed by atoms with van der Waals surface area (Å²) in [6.07, 6.45) is 0. The quantitative estimate of drug-likeness (QED) is 0.877. The molecule has 22 heavy (non-hydrogen) atoms. The summed E-state index contributed by atoms with van der Waals surface area (Å²) in [5, 5.41) is 5.87. The van der Waals surface area contributed by atoms with E-state index >= 15 is 0 Å². The number of anilines is 2. The lowest BCUT2D eigenvalue weighted by atomic mass is 10.2. The highest BCUT2D eigenvalue weighted by atomic mass is 35.5. The van der Waals surface area contributed by atoms with Crippen molar-refractivity contribution < 1.29 is 13.9 Å². The van der Waals surface area contributed by atoms with Crippen molar-refractivity contribution in [2.24, 2.45) is 0 Å². The molecule has 0 aliphatic rings. The zero-order valence-electron chi connectivity index (χ0n) is 12.2. The van der Waals surface area contributed by atoms with Crippen molar-refractivity contribution in [3.8, 4) is 5.75 Å². The summed E-state index contributed by atoms with van der Waals surface area (Å²) in [4.78, 5) is 12.1. The topological polar surface area (TPSA) is 50.4 Å². The highest BCUT2D eigenvalue weighted by Crippen LogP contribution is 2.23. The molecule has 0 aromatic heterocycles. The Morgan fingerprint density at radius 1 is 1.23 bits per heavy atom. The van der Waals surface area contributed by atoms with E-state index in [9.17, 15) is 9.18 Å². The maximum atomic E-state index is 13.0. The average molecular weight is 323 g/mol. The largest absolute Gasteiger partial charge is 0.497 e. The Morgan fingerprint density at radius 2 is 1.91 bits per heavy atom. The second-order valence-electron chi connectivity index (χ2n) is 4.71. The van der Waals surface area contributed by atoms with Gasteiger partial charge < -0.3 is 15.4 Å².